The number of benzene rings is 1. The van der Waals surface area contributed by atoms with E-state index in [1.165, 1.54) is 0 Å². The Kier molecular flexibility index (Phi) is 12.7. The van der Waals surface area contributed by atoms with Gasteiger partial charge in [0.1, 0.15) is 5.82 Å². The number of hydrogen-bond donors (Lipinski definition) is 1. The van der Waals surface area contributed by atoms with Crippen molar-refractivity contribution in [2.45, 2.75) is 38.5 Å². The Morgan fingerprint density at radius 2 is 2.00 bits per heavy atom. The van der Waals surface area contributed by atoms with Crippen LogP contribution in [0.25, 0.3) is 0 Å². The first-order valence-electron chi connectivity index (χ1n) is 10.0. The number of ether oxygens (including phenoxy) is 2. The zero-order valence-electron chi connectivity index (χ0n) is 18.1. The maximum atomic E-state index is 14.0. The maximum Gasteiger partial charge on any atom is 0.193 e. The van der Waals surface area contributed by atoms with Gasteiger partial charge in [0.15, 0.2) is 5.96 Å². The smallest absolute Gasteiger partial charge is 0.193 e. The molecule has 0 unspecified atom stereocenters. The van der Waals surface area contributed by atoms with E-state index >= 15 is 0 Å². The molecule has 166 valence electrons. The third-order valence-corrected chi connectivity index (χ3v) is 4.85. The Bertz CT molecular complexity index is 623. The van der Waals surface area contributed by atoms with Crippen molar-refractivity contribution < 1.29 is 13.9 Å². The monoisotopic (exact) mass is 522 g/mol. The van der Waals surface area contributed by atoms with Crippen LogP contribution in [0.1, 0.15) is 30.4 Å². The molecule has 0 amide bonds. The van der Waals surface area contributed by atoms with Crippen molar-refractivity contribution in [1.29, 1.82) is 0 Å². The molecule has 1 aliphatic rings. The lowest BCUT2D eigenvalue weighted by atomic mass is 10.1. The van der Waals surface area contributed by atoms with Gasteiger partial charge in [0.2, 0.25) is 0 Å². The van der Waals surface area contributed by atoms with Gasteiger partial charge in [-0.2, -0.15) is 0 Å². The molecule has 0 aliphatic carbocycles. The number of halogens is 2. The molecular formula is C21H36FIN4O2. The minimum atomic E-state index is -0.158. The molecule has 0 radical (unpaired) electrons. The predicted molar refractivity (Wildman–Crippen MR) is 126 cm³/mol. The zero-order chi connectivity index (χ0) is 20.4. The van der Waals surface area contributed by atoms with Crippen LogP contribution in [0.5, 0.6) is 0 Å². The van der Waals surface area contributed by atoms with Crippen LogP contribution in [0.15, 0.2) is 23.2 Å². The van der Waals surface area contributed by atoms with Gasteiger partial charge in [-0.25, -0.2) is 4.39 Å². The van der Waals surface area contributed by atoms with E-state index in [1.54, 1.807) is 20.2 Å². The van der Waals surface area contributed by atoms with Crippen LogP contribution in [-0.4, -0.2) is 76.4 Å². The molecule has 1 aliphatic heterocycles. The Balaban J connectivity index is 0.00000420. The third kappa shape index (κ3) is 9.15. The summed E-state index contributed by atoms with van der Waals surface area (Å²) in [5, 5.41) is 3.41. The van der Waals surface area contributed by atoms with E-state index in [-0.39, 0.29) is 29.8 Å². The molecule has 1 saturated heterocycles. The average molecular weight is 522 g/mol. The van der Waals surface area contributed by atoms with Crippen LogP contribution in [-0.2, 0) is 22.6 Å². The van der Waals surface area contributed by atoms with E-state index in [9.17, 15) is 4.39 Å². The predicted octanol–water partition coefficient (Wildman–Crippen LogP) is 3.10. The topological polar surface area (TPSA) is 49.3 Å². The van der Waals surface area contributed by atoms with Crippen LogP contribution in [0.2, 0.25) is 0 Å². The van der Waals surface area contributed by atoms with E-state index in [4.69, 9.17) is 9.47 Å². The van der Waals surface area contributed by atoms with Crippen LogP contribution < -0.4 is 5.32 Å². The lowest BCUT2D eigenvalue weighted by Gasteiger charge is -2.34. The highest BCUT2D eigenvalue weighted by molar-refractivity contribution is 14.0. The molecule has 0 atom stereocenters. The molecule has 0 aromatic heterocycles. The summed E-state index contributed by atoms with van der Waals surface area (Å²) in [6, 6.07) is 5.30. The molecule has 29 heavy (non-hydrogen) atoms. The number of aliphatic imine (C=N–C) groups is 1. The molecule has 2 rings (SSSR count). The van der Waals surface area contributed by atoms with Gasteiger partial charge in [-0.3, -0.25) is 4.99 Å². The number of hydrogen-bond acceptors (Lipinski definition) is 4. The van der Waals surface area contributed by atoms with Gasteiger partial charge in [0, 0.05) is 59.1 Å². The van der Waals surface area contributed by atoms with Crippen molar-refractivity contribution in [2.75, 3.05) is 54.6 Å². The molecule has 1 N–H and O–H groups in total. The summed E-state index contributed by atoms with van der Waals surface area (Å²) in [5.74, 6) is 0.728. The van der Waals surface area contributed by atoms with Gasteiger partial charge in [-0.1, -0.05) is 6.07 Å². The van der Waals surface area contributed by atoms with E-state index < -0.39 is 0 Å². The van der Waals surface area contributed by atoms with Gasteiger partial charge >= 0.3 is 0 Å². The first-order chi connectivity index (χ1) is 13.5. The summed E-state index contributed by atoms with van der Waals surface area (Å²) in [6.45, 7) is 4.56. The minimum Gasteiger partial charge on any atom is -0.385 e. The fourth-order valence-corrected chi connectivity index (χ4v) is 3.40. The number of nitrogens with zero attached hydrogens (tertiary/aromatic N) is 3. The second-order valence-corrected chi connectivity index (χ2v) is 7.47. The number of nitrogens with one attached hydrogen (secondary N) is 1. The normalized spacial score (nSPS) is 15.5. The molecule has 0 saturated carbocycles. The summed E-state index contributed by atoms with van der Waals surface area (Å²) in [4.78, 5) is 8.65. The van der Waals surface area contributed by atoms with Crippen molar-refractivity contribution in [3.05, 3.63) is 35.1 Å². The third-order valence-electron chi connectivity index (χ3n) is 4.85. The van der Waals surface area contributed by atoms with Crippen LogP contribution in [0.3, 0.4) is 0 Å². The van der Waals surface area contributed by atoms with Gasteiger partial charge in [0.05, 0.1) is 6.10 Å². The first-order valence-corrected chi connectivity index (χ1v) is 10.0. The van der Waals surface area contributed by atoms with Crippen molar-refractivity contribution >= 4 is 29.9 Å². The summed E-state index contributed by atoms with van der Waals surface area (Å²) < 4.78 is 24.9. The number of piperidine rings is 1. The molecule has 1 heterocycles. The molecule has 1 fully saturated rings. The molecule has 0 spiro atoms. The van der Waals surface area contributed by atoms with E-state index in [1.807, 2.05) is 31.1 Å². The van der Waals surface area contributed by atoms with Crippen molar-refractivity contribution in [1.82, 2.24) is 15.1 Å². The lowest BCUT2D eigenvalue weighted by Crippen LogP contribution is -2.46. The summed E-state index contributed by atoms with van der Waals surface area (Å²) in [5.41, 5.74) is 1.77. The molecule has 0 bridgehead atoms. The summed E-state index contributed by atoms with van der Waals surface area (Å²) >= 11 is 0. The highest BCUT2D eigenvalue weighted by Crippen LogP contribution is 2.15. The quantitative estimate of drug-likeness (QED) is 0.234. The zero-order valence-corrected chi connectivity index (χ0v) is 20.4. The number of guanidine groups is 1. The van der Waals surface area contributed by atoms with Crippen molar-refractivity contribution in [3.63, 3.8) is 0 Å². The SMILES string of the molecule is CN=C(NCc1ccc(F)c(CN(C)C)c1)N1CCC(OCCCOC)CC1.I. The fraction of sp³-hybridized carbons (Fsp3) is 0.667. The van der Waals surface area contributed by atoms with Gasteiger partial charge in [-0.15, -0.1) is 24.0 Å². The Labute approximate surface area is 191 Å². The maximum absolute atomic E-state index is 14.0. The number of methoxy groups -OCH3 is 1. The van der Waals surface area contributed by atoms with Crippen molar-refractivity contribution in [2.24, 2.45) is 4.99 Å². The van der Waals surface area contributed by atoms with E-state index in [0.717, 1.165) is 57.1 Å². The van der Waals surface area contributed by atoms with Crippen molar-refractivity contribution in [3.8, 4) is 0 Å². The number of likely N-dealkylation sites (tertiary alicyclic amines) is 1. The van der Waals surface area contributed by atoms with E-state index in [2.05, 4.69) is 15.2 Å². The van der Waals surface area contributed by atoms with E-state index in [0.29, 0.717) is 24.8 Å². The highest BCUT2D eigenvalue weighted by Gasteiger charge is 2.21. The number of rotatable bonds is 9. The Morgan fingerprint density at radius 1 is 1.28 bits per heavy atom. The van der Waals surface area contributed by atoms with Gasteiger partial charge < -0.3 is 24.6 Å². The summed E-state index contributed by atoms with van der Waals surface area (Å²) in [7, 11) is 7.40. The van der Waals surface area contributed by atoms with Gasteiger partial charge in [-0.05, 0) is 51.1 Å². The second-order valence-electron chi connectivity index (χ2n) is 7.47. The minimum absolute atomic E-state index is 0. The van der Waals surface area contributed by atoms with Crippen LogP contribution in [0, 0.1) is 5.82 Å². The highest BCUT2D eigenvalue weighted by atomic mass is 127. The average Bonchev–Trinajstić information content (AvgIpc) is 2.68. The molecule has 1 aromatic carbocycles. The Hall–Kier alpha value is -0.970. The summed E-state index contributed by atoms with van der Waals surface area (Å²) in [6.07, 6.45) is 3.25. The fourth-order valence-electron chi connectivity index (χ4n) is 3.40. The molecule has 8 heteroatoms. The molecule has 6 nitrogen and oxygen atoms in total. The van der Waals surface area contributed by atoms with Crippen LogP contribution in [0.4, 0.5) is 4.39 Å². The molecule has 1 aromatic rings. The molecular weight excluding hydrogens is 486 g/mol. The second kappa shape index (κ2) is 14.1. The first kappa shape index (κ1) is 26.1. The van der Waals surface area contributed by atoms with Crippen LogP contribution >= 0.6 is 24.0 Å². The van der Waals surface area contributed by atoms with Gasteiger partial charge in [0.25, 0.3) is 0 Å². The lowest BCUT2D eigenvalue weighted by molar-refractivity contribution is 0.00989. The standard InChI is InChI=1S/C21H35FN4O2.HI/c1-23-21(26-10-8-19(9-11-26)28-13-5-12-27-4)24-15-17-6-7-20(22)18(14-17)16-25(2)3;/h6-7,14,19H,5,8-13,15-16H2,1-4H3,(H,23,24);1H. The Morgan fingerprint density at radius 3 is 2.62 bits per heavy atom. The largest absolute Gasteiger partial charge is 0.385 e.